The van der Waals surface area contributed by atoms with Gasteiger partial charge in [0.1, 0.15) is 0 Å². The molecule has 148 valence electrons. The Hall–Kier alpha value is -0.300. The summed E-state index contributed by atoms with van der Waals surface area (Å²) in [6.45, 7) is 7.63. The first-order valence-corrected chi connectivity index (χ1v) is 11.9. The molecule has 0 amide bonds. The molecule has 4 fully saturated rings. The number of hydrogen-bond acceptors (Lipinski definition) is 1. The van der Waals surface area contributed by atoms with Crippen molar-refractivity contribution in [3.63, 3.8) is 0 Å². The Morgan fingerprint density at radius 3 is 2.65 bits per heavy atom. The van der Waals surface area contributed by atoms with Gasteiger partial charge in [-0.05, 0) is 105 Å². The van der Waals surface area contributed by atoms with Crippen LogP contribution in [0.1, 0.15) is 104 Å². The lowest BCUT2D eigenvalue weighted by Crippen LogP contribution is -2.54. The first-order chi connectivity index (χ1) is 12.5. The Balaban J connectivity index is 1.51. The average molecular weight is 358 g/mol. The molecule has 1 heteroatoms. The molecule has 0 saturated heterocycles. The van der Waals surface area contributed by atoms with Gasteiger partial charge in [-0.1, -0.05) is 45.3 Å². The van der Waals surface area contributed by atoms with Gasteiger partial charge in [0.2, 0.25) is 0 Å². The number of hydrogen-bond donors (Lipinski definition) is 1. The summed E-state index contributed by atoms with van der Waals surface area (Å²) in [6.07, 6.45) is 21.0. The van der Waals surface area contributed by atoms with Crippen molar-refractivity contribution in [3.8, 4) is 0 Å². The lowest BCUT2D eigenvalue weighted by molar-refractivity contribution is -0.0999. The van der Waals surface area contributed by atoms with E-state index >= 15 is 0 Å². The van der Waals surface area contributed by atoms with E-state index in [2.05, 4.69) is 26.8 Å². The molecule has 0 bridgehead atoms. The van der Waals surface area contributed by atoms with Gasteiger partial charge in [0, 0.05) is 6.04 Å². The van der Waals surface area contributed by atoms with Gasteiger partial charge in [0.25, 0.3) is 0 Å². The van der Waals surface area contributed by atoms with Gasteiger partial charge in [0.15, 0.2) is 0 Å². The normalized spacial score (nSPS) is 49.5. The Kier molecular flexibility index (Phi) is 5.32. The minimum atomic E-state index is 0.489. The molecule has 4 aliphatic rings. The van der Waals surface area contributed by atoms with Crippen LogP contribution in [-0.2, 0) is 0 Å². The van der Waals surface area contributed by atoms with Crippen LogP contribution in [0.5, 0.6) is 0 Å². The maximum absolute atomic E-state index is 6.35. The molecule has 0 aromatic carbocycles. The van der Waals surface area contributed by atoms with E-state index in [0.717, 1.165) is 23.7 Å². The monoisotopic (exact) mass is 357 g/mol. The molecule has 0 aromatic heterocycles. The molecule has 2 N–H and O–H groups in total. The van der Waals surface area contributed by atoms with Gasteiger partial charge < -0.3 is 5.73 Å². The zero-order valence-electron chi connectivity index (χ0n) is 17.7. The Labute approximate surface area is 162 Å². The van der Waals surface area contributed by atoms with Crippen LogP contribution in [0.2, 0.25) is 0 Å². The van der Waals surface area contributed by atoms with Crippen molar-refractivity contribution < 1.29 is 0 Å². The van der Waals surface area contributed by atoms with Crippen LogP contribution >= 0.6 is 0 Å². The number of unbranched alkanes of at least 4 members (excludes halogenated alkanes) is 3. The minimum absolute atomic E-state index is 0.489. The second kappa shape index (κ2) is 7.26. The highest BCUT2D eigenvalue weighted by Crippen LogP contribution is 2.67. The third-order valence-electron chi connectivity index (χ3n) is 9.75. The summed E-state index contributed by atoms with van der Waals surface area (Å²) in [5.74, 6) is 3.89. The minimum Gasteiger partial charge on any atom is -0.328 e. The van der Waals surface area contributed by atoms with E-state index in [1.807, 2.05) is 5.57 Å². The van der Waals surface area contributed by atoms with E-state index in [1.165, 1.54) is 83.5 Å². The van der Waals surface area contributed by atoms with Crippen molar-refractivity contribution >= 4 is 0 Å². The second-order valence-electron chi connectivity index (χ2n) is 10.9. The topological polar surface area (TPSA) is 26.0 Å². The van der Waals surface area contributed by atoms with Crippen LogP contribution in [0.15, 0.2) is 11.6 Å². The highest BCUT2D eigenvalue weighted by Gasteiger charge is 2.58. The van der Waals surface area contributed by atoms with Crippen molar-refractivity contribution in [1.82, 2.24) is 0 Å². The fourth-order valence-corrected chi connectivity index (χ4v) is 8.15. The molecule has 0 heterocycles. The average Bonchev–Trinajstić information content (AvgIpc) is 2.96. The SMILES string of the molecule is CCCCC/C=C1/CCC2C3CCC4CC(N)CCC4(C)C3CCC12C. The van der Waals surface area contributed by atoms with E-state index in [9.17, 15) is 0 Å². The Morgan fingerprint density at radius 1 is 1.00 bits per heavy atom. The molecule has 0 radical (unpaired) electrons. The summed E-state index contributed by atoms with van der Waals surface area (Å²) in [7, 11) is 0. The fraction of sp³-hybridized carbons (Fsp3) is 0.920. The zero-order valence-corrected chi connectivity index (χ0v) is 17.7. The first kappa shape index (κ1) is 19.0. The third-order valence-corrected chi connectivity index (χ3v) is 9.75. The van der Waals surface area contributed by atoms with Crippen molar-refractivity contribution in [3.05, 3.63) is 11.6 Å². The molecule has 0 spiro atoms. The largest absolute Gasteiger partial charge is 0.328 e. The summed E-state index contributed by atoms with van der Waals surface area (Å²) in [4.78, 5) is 0. The van der Waals surface area contributed by atoms with Gasteiger partial charge in [-0.25, -0.2) is 0 Å². The van der Waals surface area contributed by atoms with Crippen molar-refractivity contribution in [2.45, 2.75) is 110 Å². The standard InChI is InChI=1S/C25H43N/c1-4-5-6-7-8-18-10-12-22-21-11-9-19-17-20(26)13-15-25(19,3)23(21)14-16-24(18,22)2/h8,19-23H,4-7,9-17,26H2,1-3H3/b18-8-. The number of allylic oxidation sites excluding steroid dienone is 2. The van der Waals surface area contributed by atoms with Crippen molar-refractivity contribution in [2.24, 2.45) is 40.2 Å². The number of rotatable bonds is 4. The molecular formula is C25H43N. The van der Waals surface area contributed by atoms with Gasteiger partial charge in [-0.3, -0.25) is 0 Å². The fourth-order valence-electron chi connectivity index (χ4n) is 8.15. The predicted molar refractivity (Wildman–Crippen MR) is 112 cm³/mol. The van der Waals surface area contributed by atoms with Crippen molar-refractivity contribution in [1.29, 1.82) is 0 Å². The summed E-state index contributed by atoms with van der Waals surface area (Å²) in [6, 6.07) is 0.489. The van der Waals surface area contributed by atoms with E-state index in [4.69, 9.17) is 5.73 Å². The molecule has 7 unspecified atom stereocenters. The van der Waals surface area contributed by atoms with Crippen LogP contribution in [0.4, 0.5) is 0 Å². The zero-order chi connectivity index (χ0) is 18.4. The number of fused-ring (bicyclic) bond motifs is 5. The first-order valence-electron chi connectivity index (χ1n) is 11.9. The smallest absolute Gasteiger partial charge is 0.00418 e. The molecule has 26 heavy (non-hydrogen) atoms. The highest BCUT2D eigenvalue weighted by molar-refractivity contribution is 5.24. The molecule has 7 atom stereocenters. The quantitative estimate of drug-likeness (QED) is 0.431. The molecule has 4 saturated carbocycles. The lowest BCUT2D eigenvalue weighted by atomic mass is 9.45. The molecule has 0 aliphatic heterocycles. The molecule has 1 nitrogen and oxygen atoms in total. The summed E-state index contributed by atoms with van der Waals surface area (Å²) >= 11 is 0. The maximum Gasteiger partial charge on any atom is 0.00418 e. The van der Waals surface area contributed by atoms with E-state index in [-0.39, 0.29) is 0 Å². The van der Waals surface area contributed by atoms with Crippen LogP contribution in [-0.4, -0.2) is 6.04 Å². The molecule has 0 aromatic rings. The summed E-state index contributed by atoms with van der Waals surface area (Å²) < 4.78 is 0. The van der Waals surface area contributed by atoms with Gasteiger partial charge in [0.05, 0.1) is 0 Å². The molecule has 4 aliphatic carbocycles. The van der Waals surface area contributed by atoms with Crippen LogP contribution in [0, 0.1) is 34.5 Å². The predicted octanol–water partition coefficient (Wildman–Crippen LogP) is 6.86. The third kappa shape index (κ3) is 3.01. The lowest BCUT2D eigenvalue weighted by Gasteiger charge is -2.60. The van der Waals surface area contributed by atoms with Gasteiger partial charge in [-0.15, -0.1) is 0 Å². The van der Waals surface area contributed by atoms with Gasteiger partial charge in [-0.2, -0.15) is 0 Å². The maximum atomic E-state index is 6.35. The van der Waals surface area contributed by atoms with Crippen LogP contribution < -0.4 is 5.73 Å². The number of nitrogens with two attached hydrogens (primary N) is 1. The Bertz CT molecular complexity index is 536. The van der Waals surface area contributed by atoms with Crippen LogP contribution in [0.3, 0.4) is 0 Å². The summed E-state index contributed by atoms with van der Waals surface area (Å²) in [5.41, 5.74) is 9.36. The van der Waals surface area contributed by atoms with E-state index < -0.39 is 0 Å². The van der Waals surface area contributed by atoms with Crippen LogP contribution in [0.25, 0.3) is 0 Å². The van der Waals surface area contributed by atoms with E-state index in [0.29, 0.717) is 16.9 Å². The van der Waals surface area contributed by atoms with E-state index in [1.54, 1.807) is 0 Å². The van der Waals surface area contributed by atoms with Crippen molar-refractivity contribution in [2.75, 3.05) is 0 Å². The molecule has 4 rings (SSSR count). The van der Waals surface area contributed by atoms with Gasteiger partial charge >= 0.3 is 0 Å². The highest BCUT2D eigenvalue weighted by atomic mass is 14.7. The second-order valence-corrected chi connectivity index (χ2v) is 10.9. The summed E-state index contributed by atoms with van der Waals surface area (Å²) in [5, 5.41) is 0. The molecular weight excluding hydrogens is 314 g/mol. The Morgan fingerprint density at radius 2 is 1.85 bits per heavy atom.